The molecule has 4 heteroatoms. The molecule has 0 saturated heterocycles. The minimum Gasteiger partial charge on any atom is -0.289 e. The minimum atomic E-state index is 0.0376. The fourth-order valence-electron chi connectivity index (χ4n) is 1.55. The minimum absolute atomic E-state index is 0.0376. The van der Waals surface area contributed by atoms with Crippen LogP contribution in [-0.2, 0) is 0 Å². The van der Waals surface area contributed by atoms with Gasteiger partial charge < -0.3 is 0 Å². The highest BCUT2D eigenvalue weighted by Crippen LogP contribution is 2.34. The van der Waals surface area contributed by atoms with Crippen LogP contribution in [0.5, 0.6) is 0 Å². The van der Waals surface area contributed by atoms with Gasteiger partial charge in [-0.15, -0.1) is 11.3 Å². The molecule has 0 aromatic carbocycles. The van der Waals surface area contributed by atoms with Crippen LogP contribution in [0.3, 0.4) is 0 Å². The zero-order valence-electron chi connectivity index (χ0n) is 7.35. The van der Waals surface area contributed by atoms with Crippen molar-refractivity contribution in [3.63, 3.8) is 0 Å². The summed E-state index contributed by atoms with van der Waals surface area (Å²) in [6.45, 7) is 0. The molecule has 1 aromatic heterocycles. The van der Waals surface area contributed by atoms with Gasteiger partial charge in [0.1, 0.15) is 4.34 Å². The number of ketones is 1. The quantitative estimate of drug-likeness (QED) is 0.710. The third-order valence-corrected chi connectivity index (χ3v) is 3.72. The highest BCUT2D eigenvalue weighted by atomic mass is 35.5. The molecule has 2 rings (SSSR count). The molecule has 1 aliphatic carbocycles. The van der Waals surface area contributed by atoms with Gasteiger partial charge >= 0.3 is 0 Å². The Bertz CT molecular complexity index is 406. The molecular formula is C10H8Cl2OS. The normalized spacial score (nSPS) is 15.7. The molecule has 0 aliphatic heterocycles. The summed E-state index contributed by atoms with van der Waals surface area (Å²) in [5.74, 6) is 0.0376. The van der Waals surface area contributed by atoms with Crippen molar-refractivity contribution < 1.29 is 4.79 Å². The van der Waals surface area contributed by atoms with Gasteiger partial charge in [-0.3, -0.25) is 4.79 Å². The van der Waals surface area contributed by atoms with Crippen LogP contribution in [0.25, 0.3) is 0 Å². The van der Waals surface area contributed by atoms with Gasteiger partial charge in [0.05, 0.1) is 9.90 Å². The topological polar surface area (TPSA) is 17.1 Å². The van der Waals surface area contributed by atoms with Crippen LogP contribution in [0, 0.1) is 0 Å². The third kappa shape index (κ3) is 1.88. The van der Waals surface area contributed by atoms with E-state index in [1.165, 1.54) is 11.3 Å². The predicted octanol–water partition coefficient (Wildman–Crippen LogP) is 4.35. The first-order valence-corrected chi connectivity index (χ1v) is 5.94. The van der Waals surface area contributed by atoms with Crippen molar-refractivity contribution in [2.24, 2.45) is 0 Å². The lowest BCUT2D eigenvalue weighted by molar-refractivity contribution is 0.103. The van der Waals surface area contributed by atoms with Crippen LogP contribution < -0.4 is 0 Å². The maximum absolute atomic E-state index is 11.9. The van der Waals surface area contributed by atoms with Crippen molar-refractivity contribution >= 4 is 40.3 Å². The highest BCUT2D eigenvalue weighted by Gasteiger charge is 2.19. The van der Waals surface area contributed by atoms with Crippen LogP contribution in [0.1, 0.15) is 29.6 Å². The number of halogens is 2. The van der Waals surface area contributed by atoms with E-state index in [0.717, 1.165) is 24.8 Å². The van der Waals surface area contributed by atoms with Gasteiger partial charge in [0.25, 0.3) is 0 Å². The van der Waals surface area contributed by atoms with Crippen molar-refractivity contribution in [2.75, 3.05) is 0 Å². The predicted molar refractivity (Wildman–Crippen MR) is 60.6 cm³/mol. The summed E-state index contributed by atoms with van der Waals surface area (Å²) in [6.07, 6.45) is 4.92. The second-order valence-electron chi connectivity index (χ2n) is 3.19. The molecule has 1 aliphatic rings. The van der Waals surface area contributed by atoms with E-state index >= 15 is 0 Å². The summed E-state index contributed by atoms with van der Waals surface area (Å²) in [5, 5.41) is 0. The first-order valence-electron chi connectivity index (χ1n) is 4.37. The zero-order valence-corrected chi connectivity index (χ0v) is 9.68. The van der Waals surface area contributed by atoms with Gasteiger partial charge in [-0.25, -0.2) is 0 Å². The fourth-order valence-corrected chi connectivity index (χ4v) is 3.00. The molecule has 0 atom stereocenters. The molecule has 0 saturated carbocycles. The van der Waals surface area contributed by atoms with E-state index in [0.29, 0.717) is 14.2 Å². The van der Waals surface area contributed by atoms with Crippen molar-refractivity contribution in [1.29, 1.82) is 0 Å². The van der Waals surface area contributed by atoms with Gasteiger partial charge in [-0.1, -0.05) is 29.3 Å². The van der Waals surface area contributed by atoms with E-state index in [4.69, 9.17) is 23.2 Å². The molecule has 0 bridgehead atoms. The maximum Gasteiger partial charge on any atom is 0.191 e. The summed E-state index contributed by atoms with van der Waals surface area (Å²) >= 11 is 12.9. The zero-order chi connectivity index (χ0) is 10.1. The molecule has 0 fully saturated rings. The first-order chi connectivity index (χ1) is 6.68. The van der Waals surface area contributed by atoms with Crippen molar-refractivity contribution in [3.8, 4) is 0 Å². The molecule has 14 heavy (non-hydrogen) atoms. The van der Waals surface area contributed by atoms with E-state index in [1.807, 2.05) is 6.08 Å². The standard InChI is InChI=1S/C10H8Cl2OS/c11-8-5-7(10(12)14-8)9(13)6-3-1-2-4-6/h3,5H,1-2,4H2. The number of hydrogen-bond acceptors (Lipinski definition) is 2. The van der Waals surface area contributed by atoms with Crippen LogP contribution in [0.15, 0.2) is 17.7 Å². The average Bonchev–Trinajstić information content (AvgIpc) is 2.73. The summed E-state index contributed by atoms with van der Waals surface area (Å²) in [7, 11) is 0. The lowest BCUT2D eigenvalue weighted by Crippen LogP contribution is -1.99. The van der Waals surface area contributed by atoms with E-state index in [-0.39, 0.29) is 5.78 Å². The number of allylic oxidation sites excluding steroid dienone is 2. The molecule has 1 aromatic rings. The third-order valence-electron chi connectivity index (χ3n) is 2.23. The Hall–Kier alpha value is -0.310. The van der Waals surface area contributed by atoms with Crippen LogP contribution in [0.4, 0.5) is 0 Å². The molecule has 0 radical (unpaired) electrons. The summed E-state index contributed by atoms with van der Waals surface area (Å²) in [6, 6.07) is 1.65. The smallest absolute Gasteiger partial charge is 0.191 e. The van der Waals surface area contributed by atoms with E-state index in [2.05, 4.69) is 0 Å². The van der Waals surface area contributed by atoms with E-state index in [9.17, 15) is 4.79 Å². The summed E-state index contributed by atoms with van der Waals surface area (Å²) in [4.78, 5) is 11.9. The molecular weight excluding hydrogens is 239 g/mol. The van der Waals surface area contributed by atoms with Gasteiger partial charge in [0, 0.05) is 0 Å². The van der Waals surface area contributed by atoms with Gasteiger partial charge in [0.15, 0.2) is 5.78 Å². The Morgan fingerprint density at radius 2 is 2.21 bits per heavy atom. The fraction of sp³-hybridized carbons (Fsp3) is 0.300. The van der Waals surface area contributed by atoms with Crippen molar-refractivity contribution in [1.82, 2.24) is 0 Å². The number of Topliss-reactive ketones (excluding diaryl/α,β-unsaturated/α-hetero) is 1. The number of carbonyl (C=O) groups excluding carboxylic acids is 1. The lowest BCUT2D eigenvalue weighted by Gasteiger charge is -1.98. The number of thiophene rings is 1. The second-order valence-corrected chi connectivity index (χ2v) is 5.47. The molecule has 0 N–H and O–H groups in total. The monoisotopic (exact) mass is 246 g/mol. The van der Waals surface area contributed by atoms with Crippen LogP contribution in [0.2, 0.25) is 8.67 Å². The van der Waals surface area contributed by atoms with Crippen LogP contribution in [-0.4, -0.2) is 5.78 Å². The van der Waals surface area contributed by atoms with Crippen LogP contribution >= 0.6 is 34.5 Å². The van der Waals surface area contributed by atoms with Crippen molar-refractivity contribution in [2.45, 2.75) is 19.3 Å². The molecule has 1 nitrogen and oxygen atoms in total. The Morgan fingerprint density at radius 1 is 1.43 bits per heavy atom. The van der Waals surface area contributed by atoms with Gasteiger partial charge in [-0.05, 0) is 30.9 Å². The Labute approximate surface area is 96.3 Å². The summed E-state index contributed by atoms with van der Waals surface area (Å²) in [5.41, 5.74) is 1.43. The van der Waals surface area contributed by atoms with Gasteiger partial charge in [-0.2, -0.15) is 0 Å². The lowest BCUT2D eigenvalue weighted by atomic mass is 10.1. The van der Waals surface area contributed by atoms with E-state index in [1.54, 1.807) is 6.07 Å². The average molecular weight is 247 g/mol. The second kappa shape index (κ2) is 4.05. The number of hydrogen-bond donors (Lipinski definition) is 0. The summed E-state index contributed by atoms with van der Waals surface area (Å²) < 4.78 is 1.06. The highest BCUT2D eigenvalue weighted by molar-refractivity contribution is 7.20. The number of carbonyl (C=O) groups is 1. The maximum atomic E-state index is 11.9. The molecule has 0 amide bonds. The Morgan fingerprint density at radius 3 is 2.71 bits per heavy atom. The Balaban J connectivity index is 2.30. The van der Waals surface area contributed by atoms with E-state index < -0.39 is 0 Å². The molecule has 74 valence electrons. The van der Waals surface area contributed by atoms with Crippen molar-refractivity contribution in [3.05, 3.63) is 32.0 Å². The largest absolute Gasteiger partial charge is 0.289 e. The number of rotatable bonds is 2. The SMILES string of the molecule is O=C(C1=CCCC1)c1cc(Cl)sc1Cl. The first kappa shape index (κ1) is 10.2. The molecule has 1 heterocycles. The molecule has 0 unspecified atom stereocenters. The molecule has 0 spiro atoms. The Kier molecular flexibility index (Phi) is 2.96. The van der Waals surface area contributed by atoms with Gasteiger partial charge in [0.2, 0.25) is 0 Å².